The summed E-state index contributed by atoms with van der Waals surface area (Å²) in [6, 6.07) is 5.87. The maximum absolute atomic E-state index is 6.05. The summed E-state index contributed by atoms with van der Waals surface area (Å²) in [5, 5.41) is 0.725. The number of rotatable bonds is 6. The third-order valence-corrected chi connectivity index (χ3v) is 3.71. The minimum atomic E-state index is 0.142. The van der Waals surface area contributed by atoms with Gasteiger partial charge in [0.25, 0.3) is 0 Å². The standard InChI is InChI=1S/C15H22ClNO2/c1-2-13(17)9-11-8-12(16)5-6-15(11)19-10-14-4-3-7-18-14/h5-6,8,13-14H,2-4,7,9-10,17H2,1H3. The van der Waals surface area contributed by atoms with Gasteiger partial charge in [0.15, 0.2) is 0 Å². The van der Waals surface area contributed by atoms with Gasteiger partial charge in [0, 0.05) is 17.7 Å². The van der Waals surface area contributed by atoms with Crippen LogP contribution in [0.2, 0.25) is 5.02 Å². The van der Waals surface area contributed by atoms with Gasteiger partial charge in [-0.25, -0.2) is 0 Å². The van der Waals surface area contributed by atoms with Crippen LogP contribution in [0.4, 0.5) is 0 Å². The normalized spacial score (nSPS) is 20.5. The second-order valence-corrected chi connectivity index (χ2v) is 5.51. The van der Waals surface area contributed by atoms with E-state index >= 15 is 0 Å². The van der Waals surface area contributed by atoms with Crippen LogP contribution in [-0.4, -0.2) is 25.4 Å². The molecule has 2 atom stereocenters. The van der Waals surface area contributed by atoms with E-state index in [1.165, 1.54) is 0 Å². The maximum atomic E-state index is 6.05. The first-order valence-electron chi connectivity index (χ1n) is 6.97. The minimum Gasteiger partial charge on any atom is -0.491 e. The predicted molar refractivity (Wildman–Crippen MR) is 77.9 cm³/mol. The molecule has 106 valence electrons. The molecule has 1 aromatic rings. The average molecular weight is 284 g/mol. The largest absolute Gasteiger partial charge is 0.491 e. The molecule has 2 rings (SSSR count). The molecule has 0 bridgehead atoms. The lowest BCUT2D eigenvalue weighted by Crippen LogP contribution is -2.22. The lowest BCUT2D eigenvalue weighted by molar-refractivity contribution is 0.0676. The molecule has 0 saturated carbocycles. The summed E-state index contributed by atoms with van der Waals surface area (Å²) in [5.41, 5.74) is 7.10. The summed E-state index contributed by atoms with van der Waals surface area (Å²) in [7, 11) is 0. The second-order valence-electron chi connectivity index (χ2n) is 5.07. The number of hydrogen-bond acceptors (Lipinski definition) is 3. The van der Waals surface area contributed by atoms with Gasteiger partial charge in [0.2, 0.25) is 0 Å². The molecule has 0 spiro atoms. The lowest BCUT2D eigenvalue weighted by Gasteiger charge is -2.16. The maximum Gasteiger partial charge on any atom is 0.122 e. The molecular formula is C15H22ClNO2. The first kappa shape index (κ1) is 14.6. The van der Waals surface area contributed by atoms with Crippen molar-refractivity contribution >= 4 is 11.6 Å². The SMILES string of the molecule is CCC(N)Cc1cc(Cl)ccc1OCC1CCCO1. The summed E-state index contributed by atoms with van der Waals surface area (Å²) < 4.78 is 11.4. The highest BCUT2D eigenvalue weighted by atomic mass is 35.5. The van der Waals surface area contributed by atoms with Crippen LogP contribution in [0.3, 0.4) is 0 Å². The van der Waals surface area contributed by atoms with E-state index < -0.39 is 0 Å². The quantitative estimate of drug-likeness (QED) is 0.872. The van der Waals surface area contributed by atoms with Crippen LogP contribution in [-0.2, 0) is 11.2 Å². The van der Waals surface area contributed by atoms with Crippen molar-refractivity contribution in [2.45, 2.75) is 44.8 Å². The Kier molecular flexibility index (Phi) is 5.49. The number of ether oxygens (including phenoxy) is 2. The van der Waals surface area contributed by atoms with Crippen molar-refractivity contribution in [2.24, 2.45) is 5.73 Å². The fourth-order valence-corrected chi connectivity index (χ4v) is 2.43. The Bertz CT molecular complexity index is 405. The molecule has 0 radical (unpaired) electrons. The molecule has 0 aliphatic carbocycles. The Labute approximate surface area is 120 Å². The van der Waals surface area contributed by atoms with Gasteiger partial charge in [0.1, 0.15) is 12.4 Å². The number of hydrogen-bond donors (Lipinski definition) is 1. The topological polar surface area (TPSA) is 44.5 Å². The van der Waals surface area contributed by atoms with Gasteiger partial charge in [-0.3, -0.25) is 0 Å². The van der Waals surface area contributed by atoms with Crippen LogP contribution in [0, 0.1) is 0 Å². The first-order valence-corrected chi connectivity index (χ1v) is 7.35. The van der Waals surface area contributed by atoms with Gasteiger partial charge in [-0.15, -0.1) is 0 Å². The van der Waals surface area contributed by atoms with Crippen LogP contribution in [0.5, 0.6) is 5.75 Å². The van der Waals surface area contributed by atoms with E-state index in [4.69, 9.17) is 26.8 Å². The highest BCUT2D eigenvalue weighted by Gasteiger charge is 2.17. The van der Waals surface area contributed by atoms with E-state index in [-0.39, 0.29) is 12.1 Å². The van der Waals surface area contributed by atoms with Gasteiger partial charge in [-0.05, 0) is 49.4 Å². The van der Waals surface area contributed by atoms with Crippen LogP contribution in [0.15, 0.2) is 18.2 Å². The molecule has 1 heterocycles. The molecule has 2 unspecified atom stereocenters. The fraction of sp³-hybridized carbons (Fsp3) is 0.600. The van der Waals surface area contributed by atoms with Gasteiger partial charge in [-0.2, -0.15) is 0 Å². The van der Waals surface area contributed by atoms with Gasteiger partial charge in [-0.1, -0.05) is 18.5 Å². The molecule has 3 nitrogen and oxygen atoms in total. The highest BCUT2D eigenvalue weighted by molar-refractivity contribution is 6.30. The second kappa shape index (κ2) is 7.13. The monoisotopic (exact) mass is 283 g/mol. The number of halogens is 1. The van der Waals surface area contributed by atoms with Gasteiger partial charge >= 0.3 is 0 Å². The first-order chi connectivity index (χ1) is 9.19. The summed E-state index contributed by atoms with van der Waals surface area (Å²) >= 11 is 6.05. The Morgan fingerprint density at radius 1 is 1.53 bits per heavy atom. The van der Waals surface area contributed by atoms with E-state index in [0.29, 0.717) is 6.61 Å². The molecule has 0 amide bonds. The molecule has 1 fully saturated rings. The van der Waals surface area contributed by atoms with Crippen LogP contribution >= 0.6 is 11.6 Å². The zero-order chi connectivity index (χ0) is 13.7. The van der Waals surface area contributed by atoms with Crippen LogP contribution < -0.4 is 10.5 Å². The summed E-state index contributed by atoms with van der Waals surface area (Å²) in [6.45, 7) is 3.54. The number of nitrogens with two attached hydrogens (primary N) is 1. The molecule has 4 heteroatoms. The smallest absolute Gasteiger partial charge is 0.122 e. The molecule has 19 heavy (non-hydrogen) atoms. The Balaban J connectivity index is 2.00. The fourth-order valence-electron chi connectivity index (χ4n) is 2.23. The third-order valence-electron chi connectivity index (χ3n) is 3.48. The lowest BCUT2D eigenvalue weighted by atomic mass is 10.0. The highest BCUT2D eigenvalue weighted by Crippen LogP contribution is 2.25. The molecule has 2 N–H and O–H groups in total. The van der Waals surface area contributed by atoms with Crippen LogP contribution in [0.25, 0.3) is 0 Å². The summed E-state index contributed by atoms with van der Waals surface area (Å²) in [5.74, 6) is 0.879. The van der Waals surface area contributed by atoms with Gasteiger partial charge < -0.3 is 15.2 Å². The van der Waals surface area contributed by atoms with Crippen molar-refractivity contribution in [1.82, 2.24) is 0 Å². The zero-order valence-electron chi connectivity index (χ0n) is 11.4. The van der Waals surface area contributed by atoms with E-state index in [1.807, 2.05) is 18.2 Å². The molecule has 0 aromatic heterocycles. The molecule has 1 aliphatic rings. The van der Waals surface area contributed by atoms with Crippen molar-refractivity contribution in [3.63, 3.8) is 0 Å². The predicted octanol–water partition coefficient (Wildman–Crippen LogP) is 3.18. The van der Waals surface area contributed by atoms with E-state index in [1.54, 1.807) is 0 Å². The minimum absolute atomic E-state index is 0.142. The zero-order valence-corrected chi connectivity index (χ0v) is 12.2. The van der Waals surface area contributed by atoms with Crippen LogP contribution in [0.1, 0.15) is 31.7 Å². The van der Waals surface area contributed by atoms with Crippen molar-refractivity contribution in [3.05, 3.63) is 28.8 Å². The van der Waals surface area contributed by atoms with Gasteiger partial charge in [0.05, 0.1) is 6.10 Å². The summed E-state index contributed by atoms with van der Waals surface area (Å²) in [6.07, 6.45) is 4.17. The summed E-state index contributed by atoms with van der Waals surface area (Å²) in [4.78, 5) is 0. The molecule has 1 aliphatic heterocycles. The van der Waals surface area contributed by atoms with E-state index in [2.05, 4.69) is 6.92 Å². The molecule has 1 saturated heterocycles. The third kappa shape index (κ3) is 4.37. The van der Waals surface area contributed by atoms with Crippen molar-refractivity contribution in [2.75, 3.05) is 13.2 Å². The van der Waals surface area contributed by atoms with E-state index in [9.17, 15) is 0 Å². The average Bonchev–Trinajstić information content (AvgIpc) is 2.91. The van der Waals surface area contributed by atoms with Crippen molar-refractivity contribution < 1.29 is 9.47 Å². The van der Waals surface area contributed by atoms with Crippen molar-refractivity contribution in [1.29, 1.82) is 0 Å². The Morgan fingerprint density at radius 3 is 3.05 bits per heavy atom. The van der Waals surface area contributed by atoms with E-state index in [0.717, 1.165) is 48.6 Å². The number of benzene rings is 1. The Morgan fingerprint density at radius 2 is 2.37 bits per heavy atom. The van der Waals surface area contributed by atoms with Crippen molar-refractivity contribution in [3.8, 4) is 5.75 Å². The molecular weight excluding hydrogens is 262 g/mol. The molecule has 1 aromatic carbocycles. The Hall–Kier alpha value is -0.770.